The van der Waals surface area contributed by atoms with Crippen LogP contribution in [-0.4, -0.2) is 85.7 Å². The smallest absolute Gasteiger partial charge is 0.244 e. The average molecular weight is 450 g/mol. The molecule has 0 radical (unpaired) electrons. The van der Waals surface area contributed by atoms with E-state index in [1.807, 2.05) is 0 Å². The van der Waals surface area contributed by atoms with Crippen molar-refractivity contribution in [2.24, 2.45) is 0 Å². The Morgan fingerprint density at radius 3 is 2.28 bits per heavy atom. The Morgan fingerprint density at radius 1 is 1.06 bits per heavy atom. The molecule has 5 atom stereocenters. The van der Waals surface area contributed by atoms with Crippen LogP contribution in [0.2, 0.25) is 0 Å². The molecule has 11 nitrogen and oxygen atoms in total. The standard InChI is InChI=1S/C21H26N2O9/c1-9(2)13-20(32-21-18(29)17(28)16(27)12(8-24)31-21)23-14(19(22-13)30-3)15(26)10-4-6-11(25)7-5-10/h4-7,9,12,16-18,21,24-25,27-29H,8H2,1-3H3. The van der Waals surface area contributed by atoms with Crippen molar-refractivity contribution in [3.05, 3.63) is 41.2 Å². The summed E-state index contributed by atoms with van der Waals surface area (Å²) in [6, 6.07) is 5.52. The van der Waals surface area contributed by atoms with E-state index in [2.05, 4.69) is 9.97 Å². The Hall–Kier alpha value is -2.83. The highest BCUT2D eigenvalue weighted by Gasteiger charge is 2.45. The predicted molar refractivity (Wildman–Crippen MR) is 109 cm³/mol. The molecule has 1 aliphatic rings. The van der Waals surface area contributed by atoms with Crippen LogP contribution in [0, 0.1) is 0 Å². The predicted octanol–water partition coefficient (Wildman–Crippen LogP) is -0.276. The van der Waals surface area contributed by atoms with E-state index in [0.29, 0.717) is 5.69 Å². The number of phenolic OH excluding ortho intramolecular Hbond substituents is 1. The van der Waals surface area contributed by atoms with E-state index in [9.17, 15) is 30.3 Å². The van der Waals surface area contributed by atoms with Crippen LogP contribution in [0.3, 0.4) is 0 Å². The van der Waals surface area contributed by atoms with E-state index in [-0.39, 0.29) is 34.7 Å². The number of aromatic hydroxyl groups is 1. The van der Waals surface area contributed by atoms with Crippen molar-refractivity contribution in [3.63, 3.8) is 0 Å². The molecule has 5 unspecified atom stereocenters. The van der Waals surface area contributed by atoms with Gasteiger partial charge in [-0.3, -0.25) is 4.79 Å². The summed E-state index contributed by atoms with van der Waals surface area (Å²) in [6.07, 6.45) is -7.52. The van der Waals surface area contributed by atoms with Gasteiger partial charge in [0.2, 0.25) is 23.8 Å². The van der Waals surface area contributed by atoms with E-state index in [0.717, 1.165) is 0 Å². The number of aliphatic hydroxyl groups excluding tert-OH is 4. The minimum absolute atomic E-state index is 0.0126. The van der Waals surface area contributed by atoms with Gasteiger partial charge in [0.05, 0.1) is 13.7 Å². The summed E-state index contributed by atoms with van der Waals surface area (Å²) in [7, 11) is 1.33. The molecule has 5 N–H and O–H groups in total. The van der Waals surface area contributed by atoms with E-state index >= 15 is 0 Å². The molecule has 1 fully saturated rings. The summed E-state index contributed by atoms with van der Waals surface area (Å²) in [5.74, 6) is -1.00. The summed E-state index contributed by atoms with van der Waals surface area (Å²) < 4.78 is 16.3. The average Bonchev–Trinajstić information content (AvgIpc) is 2.78. The lowest BCUT2D eigenvalue weighted by molar-refractivity contribution is -0.278. The SMILES string of the molecule is COc1nc(C(C)C)c(OC2OC(CO)C(O)C(O)C2O)nc1C(=O)c1ccc(O)cc1. The van der Waals surface area contributed by atoms with Crippen LogP contribution in [-0.2, 0) is 4.74 Å². The van der Waals surface area contributed by atoms with Crippen LogP contribution in [0.25, 0.3) is 0 Å². The van der Waals surface area contributed by atoms with E-state index in [1.165, 1.54) is 31.4 Å². The van der Waals surface area contributed by atoms with Gasteiger partial charge in [-0.05, 0) is 24.3 Å². The number of aromatic nitrogens is 2. The molecule has 1 saturated heterocycles. The number of carbonyl (C=O) groups excluding carboxylic acids is 1. The largest absolute Gasteiger partial charge is 0.508 e. The van der Waals surface area contributed by atoms with Gasteiger partial charge >= 0.3 is 0 Å². The van der Waals surface area contributed by atoms with Gasteiger partial charge in [-0.25, -0.2) is 9.97 Å². The van der Waals surface area contributed by atoms with Gasteiger partial charge in [0.25, 0.3) is 0 Å². The fraction of sp³-hybridized carbons (Fsp3) is 0.476. The van der Waals surface area contributed by atoms with Gasteiger partial charge < -0.3 is 39.7 Å². The van der Waals surface area contributed by atoms with Crippen molar-refractivity contribution in [2.45, 2.75) is 50.5 Å². The molecule has 3 rings (SSSR count). The van der Waals surface area contributed by atoms with E-state index < -0.39 is 43.1 Å². The van der Waals surface area contributed by atoms with Crippen LogP contribution in [0.4, 0.5) is 0 Å². The van der Waals surface area contributed by atoms with Crippen molar-refractivity contribution in [1.82, 2.24) is 9.97 Å². The monoisotopic (exact) mass is 450 g/mol. The number of phenols is 1. The number of methoxy groups -OCH3 is 1. The van der Waals surface area contributed by atoms with E-state index in [4.69, 9.17) is 14.2 Å². The van der Waals surface area contributed by atoms with Gasteiger partial charge in [0.1, 0.15) is 35.9 Å². The quantitative estimate of drug-likeness (QED) is 0.351. The first-order chi connectivity index (χ1) is 15.2. The number of carbonyl (C=O) groups is 1. The van der Waals surface area contributed by atoms with Gasteiger partial charge in [0.15, 0.2) is 5.69 Å². The van der Waals surface area contributed by atoms with Crippen molar-refractivity contribution in [3.8, 4) is 17.5 Å². The lowest BCUT2D eigenvalue weighted by Crippen LogP contribution is -2.60. The molecule has 0 amide bonds. The summed E-state index contributed by atoms with van der Waals surface area (Å²) in [6.45, 7) is 2.97. The fourth-order valence-corrected chi connectivity index (χ4v) is 3.19. The molecule has 11 heteroatoms. The lowest BCUT2D eigenvalue weighted by Gasteiger charge is -2.39. The van der Waals surface area contributed by atoms with Crippen molar-refractivity contribution in [2.75, 3.05) is 13.7 Å². The number of hydrogen-bond donors (Lipinski definition) is 5. The van der Waals surface area contributed by atoms with Crippen LogP contribution in [0.1, 0.15) is 41.5 Å². The highest BCUT2D eigenvalue weighted by Crippen LogP contribution is 2.31. The zero-order valence-electron chi connectivity index (χ0n) is 17.7. The maximum Gasteiger partial charge on any atom is 0.244 e. The molecule has 32 heavy (non-hydrogen) atoms. The fourth-order valence-electron chi connectivity index (χ4n) is 3.19. The molecule has 1 aromatic carbocycles. The van der Waals surface area contributed by atoms with Crippen molar-refractivity contribution >= 4 is 5.78 Å². The summed E-state index contributed by atoms with van der Waals surface area (Å²) >= 11 is 0. The second kappa shape index (κ2) is 9.76. The number of aliphatic hydroxyl groups is 4. The number of benzene rings is 1. The van der Waals surface area contributed by atoms with Gasteiger partial charge in [0, 0.05) is 11.5 Å². The molecule has 0 saturated carbocycles. The number of hydrogen-bond acceptors (Lipinski definition) is 11. The number of rotatable bonds is 7. The first kappa shape index (κ1) is 23.8. The molecule has 1 aromatic heterocycles. The lowest BCUT2D eigenvalue weighted by atomic mass is 9.99. The molecule has 0 bridgehead atoms. The Morgan fingerprint density at radius 2 is 1.72 bits per heavy atom. The number of nitrogens with zero attached hydrogens (tertiary/aromatic N) is 2. The van der Waals surface area contributed by atoms with Crippen molar-refractivity contribution in [1.29, 1.82) is 0 Å². The summed E-state index contributed by atoms with van der Waals surface area (Å²) in [5, 5.41) is 49.1. The number of ketones is 1. The maximum absolute atomic E-state index is 13.0. The first-order valence-corrected chi connectivity index (χ1v) is 9.94. The normalized spacial score (nSPS) is 25.6. The third kappa shape index (κ3) is 4.66. The molecule has 1 aliphatic heterocycles. The molecular weight excluding hydrogens is 424 g/mol. The van der Waals surface area contributed by atoms with Gasteiger partial charge in [-0.2, -0.15) is 0 Å². The summed E-state index contributed by atoms with van der Waals surface area (Å²) in [5.41, 5.74) is 0.328. The maximum atomic E-state index is 13.0. The van der Waals surface area contributed by atoms with Gasteiger partial charge in [-0.15, -0.1) is 0 Å². The van der Waals surface area contributed by atoms with Crippen LogP contribution in [0.15, 0.2) is 24.3 Å². The molecular formula is C21H26N2O9. The minimum Gasteiger partial charge on any atom is -0.508 e. The van der Waals surface area contributed by atoms with Crippen LogP contribution < -0.4 is 9.47 Å². The molecule has 2 aromatic rings. The van der Waals surface area contributed by atoms with Crippen LogP contribution in [0.5, 0.6) is 17.5 Å². The minimum atomic E-state index is -1.66. The molecule has 174 valence electrons. The summed E-state index contributed by atoms with van der Waals surface area (Å²) in [4.78, 5) is 21.6. The highest BCUT2D eigenvalue weighted by molar-refractivity contribution is 6.09. The molecule has 2 heterocycles. The third-order valence-electron chi connectivity index (χ3n) is 5.02. The number of ether oxygens (including phenoxy) is 3. The second-order valence-electron chi connectivity index (χ2n) is 7.62. The Bertz CT molecular complexity index is 949. The van der Waals surface area contributed by atoms with Crippen LogP contribution >= 0.6 is 0 Å². The zero-order valence-corrected chi connectivity index (χ0v) is 17.7. The topological polar surface area (TPSA) is 172 Å². The van der Waals surface area contributed by atoms with E-state index in [1.54, 1.807) is 13.8 Å². The Balaban J connectivity index is 2.01. The third-order valence-corrected chi connectivity index (χ3v) is 5.02. The zero-order chi connectivity index (χ0) is 23.6. The highest BCUT2D eigenvalue weighted by atomic mass is 16.7. The molecule has 0 aliphatic carbocycles. The molecule has 0 spiro atoms. The first-order valence-electron chi connectivity index (χ1n) is 9.94. The Kier molecular flexibility index (Phi) is 7.26. The Labute approximate surface area is 183 Å². The van der Waals surface area contributed by atoms with Gasteiger partial charge in [-0.1, -0.05) is 13.8 Å². The second-order valence-corrected chi connectivity index (χ2v) is 7.62. The van der Waals surface area contributed by atoms with Crippen molar-refractivity contribution < 1.29 is 44.5 Å².